The van der Waals surface area contributed by atoms with E-state index in [0.717, 1.165) is 11.8 Å². The molecule has 0 unspecified atom stereocenters. The quantitative estimate of drug-likeness (QED) is 0.687. The summed E-state index contributed by atoms with van der Waals surface area (Å²) in [5.74, 6) is 2.44. The third-order valence-electron chi connectivity index (χ3n) is 4.22. The Morgan fingerprint density at radius 1 is 1.12 bits per heavy atom. The van der Waals surface area contributed by atoms with Crippen molar-refractivity contribution >= 4 is 5.97 Å². The summed E-state index contributed by atoms with van der Waals surface area (Å²) in [5, 5.41) is 0. The molecule has 0 aromatic rings. The molecule has 0 heterocycles. The maximum atomic E-state index is 11.4. The molecule has 0 aromatic heterocycles. The van der Waals surface area contributed by atoms with E-state index in [1.165, 1.54) is 38.5 Å². The third-order valence-corrected chi connectivity index (χ3v) is 4.22. The zero-order valence-corrected chi connectivity index (χ0v) is 10.6. The van der Waals surface area contributed by atoms with E-state index in [4.69, 9.17) is 4.74 Å². The second kappa shape index (κ2) is 5.20. The van der Waals surface area contributed by atoms with Crippen LogP contribution in [0.4, 0.5) is 0 Å². The van der Waals surface area contributed by atoms with Crippen LogP contribution in [0.25, 0.3) is 0 Å². The SMILES string of the molecule is CC(C)C(=O)OC[C@@H]1[C@@H]2CCCCCC[C@@H]21. The summed E-state index contributed by atoms with van der Waals surface area (Å²) < 4.78 is 5.36. The molecule has 2 fully saturated rings. The van der Waals surface area contributed by atoms with E-state index in [0.29, 0.717) is 12.5 Å². The average Bonchev–Trinajstić information content (AvgIpc) is 2.84. The lowest BCUT2D eigenvalue weighted by molar-refractivity contribution is -0.148. The van der Waals surface area contributed by atoms with Gasteiger partial charge in [0.1, 0.15) is 0 Å². The standard InChI is InChI=1S/C14H24O2/c1-10(2)14(15)16-9-13-11-7-5-3-4-6-8-12(11)13/h10-13H,3-9H2,1-2H3/t11-,12+,13-. The molecule has 0 N–H and O–H groups in total. The van der Waals surface area contributed by atoms with Gasteiger partial charge in [-0.15, -0.1) is 0 Å². The Bertz CT molecular complexity index is 233. The Kier molecular flexibility index (Phi) is 3.88. The second-order valence-electron chi connectivity index (χ2n) is 5.77. The zero-order valence-electron chi connectivity index (χ0n) is 10.6. The van der Waals surface area contributed by atoms with Crippen LogP contribution in [0.15, 0.2) is 0 Å². The van der Waals surface area contributed by atoms with E-state index in [9.17, 15) is 4.79 Å². The zero-order chi connectivity index (χ0) is 11.5. The van der Waals surface area contributed by atoms with Gasteiger partial charge in [-0.05, 0) is 30.6 Å². The molecular weight excluding hydrogens is 200 g/mol. The fourth-order valence-corrected chi connectivity index (χ4v) is 3.09. The summed E-state index contributed by atoms with van der Waals surface area (Å²) in [6.07, 6.45) is 8.32. The molecule has 0 saturated heterocycles. The Morgan fingerprint density at radius 2 is 1.69 bits per heavy atom. The molecule has 2 aliphatic rings. The minimum atomic E-state index is -0.0285. The van der Waals surface area contributed by atoms with Gasteiger partial charge in [0.2, 0.25) is 0 Å². The van der Waals surface area contributed by atoms with E-state index in [2.05, 4.69) is 0 Å². The molecule has 2 heteroatoms. The summed E-state index contributed by atoms with van der Waals surface area (Å²) >= 11 is 0. The number of esters is 1. The van der Waals surface area contributed by atoms with Crippen molar-refractivity contribution in [3.05, 3.63) is 0 Å². The molecule has 2 nitrogen and oxygen atoms in total. The van der Waals surface area contributed by atoms with Crippen molar-refractivity contribution in [1.82, 2.24) is 0 Å². The van der Waals surface area contributed by atoms with Crippen LogP contribution in [0.2, 0.25) is 0 Å². The second-order valence-corrected chi connectivity index (χ2v) is 5.77. The maximum Gasteiger partial charge on any atom is 0.308 e. The molecule has 92 valence electrons. The molecule has 0 bridgehead atoms. The van der Waals surface area contributed by atoms with Crippen LogP contribution in [0.3, 0.4) is 0 Å². The Morgan fingerprint density at radius 3 is 2.19 bits per heavy atom. The van der Waals surface area contributed by atoms with Gasteiger partial charge in [0.25, 0.3) is 0 Å². The Hall–Kier alpha value is -0.530. The first-order chi connectivity index (χ1) is 7.70. The van der Waals surface area contributed by atoms with Crippen molar-refractivity contribution in [3.63, 3.8) is 0 Å². The first-order valence-electron chi connectivity index (χ1n) is 6.87. The molecular formula is C14H24O2. The normalized spacial score (nSPS) is 33.8. The summed E-state index contributed by atoms with van der Waals surface area (Å²) in [6.45, 7) is 4.49. The van der Waals surface area contributed by atoms with Crippen molar-refractivity contribution in [2.75, 3.05) is 6.61 Å². The molecule has 0 aliphatic heterocycles. The van der Waals surface area contributed by atoms with Gasteiger partial charge in [0.15, 0.2) is 0 Å². The number of ether oxygens (including phenoxy) is 1. The van der Waals surface area contributed by atoms with E-state index in [1.807, 2.05) is 13.8 Å². The molecule has 0 amide bonds. The minimum Gasteiger partial charge on any atom is -0.465 e. The number of hydrogen-bond acceptors (Lipinski definition) is 2. The van der Waals surface area contributed by atoms with Gasteiger partial charge in [0, 0.05) is 0 Å². The topological polar surface area (TPSA) is 26.3 Å². The first kappa shape index (κ1) is 11.9. The predicted molar refractivity (Wildman–Crippen MR) is 64.0 cm³/mol. The number of hydrogen-bond donors (Lipinski definition) is 0. The van der Waals surface area contributed by atoms with Crippen molar-refractivity contribution in [2.24, 2.45) is 23.7 Å². The first-order valence-corrected chi connectivity index (χ1v) is 6.87. The highest BCUT2D eigenvalue weighted by molar-refractivity contribution is 5.71. The number of rotatable bonds is 3. The van der Waals surface area contributed by atoms with E-state index in [1.54, 1.807) is 0 Å². The van der Waals surface area contributed by atoms with Crippen molar-refractivity contribution in [1.29, 1.82) is 0 Å². The Balaban J connectivity index is 1.73. The molecule has 2 aliphatic carbocycles. The molecule has 16 heavy (non-hydrogen) atoms. The van der Waals surface area contributed by atoms with Gasteiger partial charge >= 0.3 is 5.97 Å². The van der Waals surface area contributed by atoms with Gasteiger partial charge < -0.3 is 4.74 Å². The van der Waals surface area contributed by atoms with Crippen molar-refractivity contribution < 1.29 is 9.53 Å². The monoisotopic (exact) mass is 224 g/mol. The summed E-state index contributed by atoms with van der Waals surface area (Å²) in [4.78, 5) is 11.4. The van der Waals surface area contributed by atoms with Crippen molar-refractivity contribution in [2.45, 2.75) is 52.4 Å². The van der Waals surface area contributed by atoms with Crippen molar-refractivity contribution in [3.8, 4) is 0 Å². The summed E-state index contributed by atoms with van der Waals surface area (Å²) in [7, 11) is 0. The number of carbonyl (C=O) groups is 1. The highest BCUT2D eigenvalue weighted by Gasteiger charge is 2.49. The molecule has 3 atom stereocenters. The van der Waals surface area contributed by atoms with Gasteiger partial charge in [-0.2, -0.15) is 0 Å². The predicted octanol–water partition coefficient (Wildman–Crippen LogP) is 3.40. The highest BCUT2D eigenvalue weighted by Crippen LogP contribution is 2.53. The molecule has 2 rings (SSSR count). The lowest BCUT2D eigenvalue weighted by Gasteiger charge is -2.06. The molecule has 2 saturated carbocycles. The lowest BCUT2D eigenvalue weighted by atomic mass is 10.0. The van der Waals surface area contributed by atoms with E-state index >= 15 is 0 Å². The minimum absolute atomic E-state index is 0.0198. The third kappa shape index (κ3) is 2.78. The largest absolute Gasteiger partial charge is 0.465 e. The smallest absolute Gasteiger partial charge is 0.308 e. The average molecular weight is 224 g/mol. The highest BCUT2D eigenvalue weighted by atomic mass is 16.5. The van der Waals surface area contributed by atoms with Crippen LogP contribution in [0.5, 0.6) is 0 Å². The van der Waals surface area contributed by atoms with Crippen LogP contribution in [0.1, 0.15) is 52.4 Å². The fourth-order valence-electron chi connectivity index (χ4n) is 3.09. The summed E-state index contributed by atoms with van der Waals surface area (Å²) in [6, 6.07) is 0. The van der Waals surface area contributed by atoms with Crippen LogP contribution in [-0.4, -0.2) is 12.6 Å². The molecule has 0 spiro atoms. The van der Waals surface area contributed by atoms with Gasteiger partial charge in [-0.25, -0.2) is 0 Å². The molecule has 0 radical (unpaired) electrons. The van der Waals surface area contributed by atoms with Gasteiger partial charge in [-0.3, -0.25) is 4.79 Å². The van der Waals surface area contributed by atoms with Crippen LogP contribution >= 0.6 is 0 Å². The van der Waals surface area contributed by atoms with Gasteiger partial charge in [0.05, 0.1) is 12.5 Å². The summed E-state index contributed by atoms with van der Waals surface area (Å²) in [5.41, 5.74) is 0. The van der Waals surface area contributed by atoms with Gasteiger partial charge in [-0.1, -0.05) is 39.5 Å². The van der Waals surface area contributed by atoms with Crippen LogP contribution < -0.4 is 0 Å². The number of carbonyl (C=O) groups excluding carboxylic acids is 1. The van der Waals surface area contributed by atoms with Crippen LogP contribution in [-0.2, 0) is 9.53 Å². The number of fused-ring (bicyclic) bond motifs is 1. The van der Waals surface area contributed by atoms with E-state index < -0.39 is 0 Å². The van der Waals surface area contributed by atoms with E-state index in [-0.39, 0.29) is 11.9 Å². The van der Waals surface area contributed by atoms with Crippen LogP contribution in [0, 0.1) is 23.7 Å². The molecule has 0 aromatic carbocycles. The fraction of sp³-hybridized carbons (Fsp3) is 0.929. The Labute approximate surface area is 98.7 Å². The lowest BCUT2D eigenvalue weighted by Crippen LogP contribution is -2.14. The maximum absolute atomic E-state index is 11.4.